The lowest BCUT2D eigenvalue weighted by Crippen LogP contribution is -2.23. The number of carbonyl (C=O) groups is 5. The van der Waals surface area contributed by atoms with E-state index in [2.05, 4.69) is 18.9 Å². The van der Waals surface area contributed by atoms with Gasteiger partial charge in [-0.25, -0.2) is 0 Å². The zero-order chi connectivity index (χ0) is 15.5. The van der Waals surface area contributed by atoms with Gasteiger partial charge in [0.25, 0.3) is 0 Å². The summed E-state index contributed by atoms with van der Waals surface area (Å²) in [5.41, 5.74) is 0. The molecule has 112 valence electrons. The van der Waals surface area contributed by atoms with Gasteiger partial charge in [0.2, 0.25) is 13.1 Å². The first-order valence-electron chi connectivity index (χ1n) is 5.46. The monoisotopic (exact) mass is 290 g/mol. The van der Waals surface area contributed by atoms with E-state index in [0.29, 0.717) is 6.29 Å². The summed E-state index contributed by atoms with van der Waals surface area (Å²) in [6.07, 6.45) is -1.99. The Kier molecular flexibility index (Phi) is 8.32. The molecule has 0 aliphatic rings. The topological polar surface area (TPSA) is 122 Å². The summed E-state index contributed by atoms with van der Waals surface area (Å²) in [6.45, 7) is 1.72. The van der Waals surface area contributed by atoms with Crippen LogP contribution in [0.1, 0.15) is 26.7 Å². The Hall–Kier alpha value is -2.45. The molecule has 0 N–H and O–H groups in total. The van der Waals surface area contributed by atoms with E-state index in [9.17, 15) is 24.0 Å². The summed E-state index contributed by atoms with van der Waals surface area (Å²) >= 11 is 0. The third kappa shape index (κ3) is 9.57. The van der Waals surface area contributed by atoms with E-state index < -0.39 is 49.8 Å². The van der Waals surface area contributed by atoms with Gasteiger partial charge in [-0.05, 0) is 0 Å². The molecule has 0 bridgehead atoms. The maximum absolute atomic E-state index is 11.2. The molecule has 0 aromatic heterocycles. The summed E-state index contributed by atoms with van der Waals surface area (Å²) in [4.78, 5) is 53.5. The van der Waals surface area contributed by atoms with Crippen molar-refractivity contribution in [2.75, 3.05) is 6.79 Å². The Morgan fingerprint density at radius 1 is 1.00 bits per heavy atom. The van der Waals surface area contributed by atoms with E-state index in [1.807, 2.05) is 0 Å². The van der Waals surface area contributed by atoms with Gasteiger partial charge in [0.1, 0.15) is 19.1 Å². The van der Waals surface area contributed by atoms with Crippen molar-refractivity contribution in [2.45, 2.75) is 33.0 Å². The first-order valence-corrected chi connectivity index (χ1v) is 5.46. The SMILES string of the molecule is CC(=O)OC(C)OC(=O)CC(=O)OCOC(=O)CC=O. The van der Waals surface area contributed by atoms with Crippen molar-refractivity contribution < 1.29 is 42.9 Å². The van der Waals surface area contributed by atoms with E-state index in [0.717, 1.165) is 6.92 Å². The highest BCUT2D eigenvalue weighted by molar-refractivity contribution is 5.91. The fraction of sp³-hybridized carbons (Fsp3) is 0.545. The molecule has 9 heteroatoms. The minimum atomic E-state index is -1.13. The largest absolute Gasteiger partial charge is 0.428 e. The molecule has 0 saturated heterocycles. The summed E-state index contributed by atoms with van der Waals surface area (Å²) < 4.78 is 17.8. The highest BCUT2D eigenvalue weighted by atomic mass is 16.7. The second-order valence-electron chi connectivity index (χ2n) is 3.37. The maximum atomic E-state index is 11.2. The van der Waals surface area contributed by atoms with Gasteiger partial charge >= 0.3 is 23.9 Å². The number of carbonyl (C=O) groups excluding carboxylic acids is 5. The van der Waals surface area contributed by atoms with Gasteiger partial charge in [-0.15, -0.1) is 0 Å². The van der Waals surface area contributed by atoms with Crippen molar-refractivity contribution in [2.24, 2.45) is 0 Å². The van der Waals surface area contributed by atoms with E-state index >= 15 is 0 Å². The summed E-state index contributed by atoms with van der Waals surface area (Å²) in [7, 11) is 0. The molecular formula is C11H14O9. The van der Waals surface area contributed by atoms with E-state index in [1.165, 1.54) is 6.92 Å². The zero-order valence-corrected chi connectivity index (χ0v) is 11.0. The minimum Gasteiger partial charge on any atom is -0.428 e. The van der Waals surface area contributed by atoms with E-state index in [-0.39, 0.29) is 0 Å². The number of aldehydes is 1. The maximum Gasteiger partial charge on any atom is 0.320 e. The Labute approximate surface area is 114 Å². The highest BCUT2D eigenvalue weighted by Gasteiger charge is 2.17. The Bertz CT molecular complexity index is 387. The molecule has 0 heterocycles. The molecule has 0 rings (SSSR count). The van der Waals surface area contributed by atoms with Crippen LogP contribution in [0, 0.1) is 0 Å². The molecule has 0 amide bonds. The van der Waals surface area contributed by atoms with Crippen LogP contribution in [-0.4, -0.2) is 43.2 Å². The second kappa shape index (κ2) is 9.48. The fourth-order valence-electron chi connectivity index (χ4n) is 0.941. The normalized spacial score (nSPS) is 10.9. The molecule has 0 aliphatic carbocycles. The van der Waals surface area contributed by atoms with Gasteiger partial charge in [-0.2, -0.15) is 0 Å². The third-order valence-electron chi connectivity index (χ3n) is 1.61. The molecule has 0 aromatic rings. The molecule has 1 unspecified atom stereocenters. The van der Waals surface area contributed by atoms with Crippen LogP contribution in [0.15, 0.2) is 0 Å². The fourth-order valence-corrected chi connectivity index (χ4v) is 0.941. The molecule has 0 fully saturated rings. The summed E-state index contributed by atoms with van der Waals surface area (Å²) in [6, 6.07) is 0. The average Bonchev–Trinajstić information content (AvgIpc) is 2.27. The van der Waals surface area contributed by atoms with Gasteiger partial charge in [-0.3, -0.25) is 19.2 Å². The van der Waals surface area contributed by atoms with E-state index in [4.69, 9.17) is 0 Å². The number of hydrogen-bond acceptors (Lipinski definition) is 9. The predicted octanol–water partition coefficient (Wildman–Crippen LogP) is -0.538. The average molecular weight is 290 g/mol. The van der Waals surface area contributed by atoms with Crippen molar-refractivity contribution in [3.05, 3.63) is 0 Å². The van der Waals surface area contributed by atoms with Crippen molar-refractivity contribution >= 4 is 30.2 Å². The number of esters is 4. The van der Waals surface area contributed by atoms with Crippen molar-refractivity contribution in [1.82, 2.24) is 0 Å². The molecule has 0 aliphatic heterocycles. The van der Waals surface area contributed by atoms with Crippen LogP contribution in [0.25, 0.3) is 0 Å². The molecule has 1 atom stereocenters. The molecule has 0 aromatic carbocycles. The van der Waals surface area contributed by atoms with Gasteiger partial charge in [0.15, 0.2) is 0 Å². The standard InChI is InChI=1S/C11H14O9/c1-7(13)19-8(2)20-11(16)5-10(15)18-6-17-9(14)3-4-12/h4,8H,3,5-6H2,1-2H3. The lowest BCUT2D eigenvalue weighted by Gasteiger charge is -2.12. The Balaban J connectivity index is 3.85. The Morgan fingerprint density at radius 3 is 2.15 bits per heavy atom. The van der Waals surface area contributed by atoms with Gasteiger partial charge in [-0.1, -0.05) is 0 Å². The summed E-state index contributed by atoms with van der Waals surface area (Å²) in [5, 5.41) is 0. The molecule has 9 nitrogen and oxygen atoms in total. The number of rotatable bonds is 8. The van der Waals surface area contributed by atoms with Gasteiger partial charge in [0, 0.05) is 13.8 Å². The van der Waals surface area contributed by atoms with Crippen LogP contribution in [0.2, 0.25) is 0 Å². The van der Waals surface area contributed by atoms with Crippen LogP contribution in [0.4, 0.5) is 0 Å². The van der Waals surface area contributed by atoms with Gasteiger partial charge in [0.05, 0.1) is 0 Å². The lowest BCUT2D eigenvalue weighted by atomic mass is 10.4. The smallest absolute Gasteiger partial charge is 0.320 e. The quantitative estimate of drug-likeness (QED) is 0.251. The van der Waals surface area contributed by atoms with Gasteiger partial charge < -0.3 is 23.7 Å². The van der Waals surface area contributed by atoms with Crippen LogP contribution < -0.4 is 0 Å². The third-order valence-corrected chi connectivity index (χ3v) is 1.61. The predicted molar refractivity (Wildman–Crippen MR) is 59.7 cm³/mol. The molecule has 0 spiro atoms. The number of hydrogen-bond donors (Lipinski definition) is 0. The first-order chi connectivity index (χ1) is 9.35. The van der Waals surface area contributed by atoms with Crippen LogP contribution in [-0.2, 0) is 42.9 Å². The molecule has 0 saturated carbocycles. The van der Waals surface area contributed by atoms with E-state index in [1.54, 1.807) is 0 Å². The molecule has 0 radical (unpaired) electrons. The molecule has 20 heavy (non-hydrogen) atoms. The number of ether oxygens (including phenoxy) is 4. The molecular weight excluding hydrogens is 276 g/mol. The van der Waals surface area contributed by atoms with Crippen LogP contribution in [0.3, 0.4) is 0 Å². The summed E-state index contributed by atoms with van der Waals surface area (Å²) in [5.74, 6) is -3.47. The lowest BCUT2D eigenvalue weighted by molar-refractivity contribution is -0.184. The van der Waals surface area contributed by atoms with Crippen molar-refractivity contribution in [3.63, 3.8) is 0 Å². The van der Waals surface area contributed by atoms with Crippen LogP contribution in [0.5, 0.6) is 0 Å². The van der Waals surface area contributed by atoms with Crippen molar-refractivity contribution in [1.29, 1.82) is 0 Å². The second-order valence-corrected chi connectivity index (χ2v) is 3.37. The zero-order valence-electron chi connectivity index (χ0n) is 11.0. The minimum absolute atomic E-state index is 0.331. The Morgan fingerprint density at radius 2 is 1.60 bits per heavy atom. The highest BCUT2D eigenvalue weighted by Crippen LogP contribution is 1.99. The first kappa shape index (κ1) is 17.6. The van der Waals surface area contributed by atoms with Crippen molar-refractivity contribution in [3.8, 4) is 0 Å². The van der Waals surface area contributed by atoms with Crippen LogP contribution >= 0.6 is 0 Å².